The number of hydrogen-bond donors (Lipinski definition) is 3. The van der Waals surface area contributed by atoms with E-state index >= 15 is 0 Å². The van der Waals surface area contributed by atoms with Crippen LogP contribution in [0.15, 0.2) is 0 Å². The van der Waals surface area contributed by atoms with Gasteiger partial charge in [-0.3, -0.25) is 0 Å². The third-order valence-electron chi connectivity index (χ3n) is 0. The zero-order valence-electron chi connectivity index (χ0n) is 4.94. The molecule has 0 unspecified atom stereocenters. The van der Waals surface area contributed by atoms with Crippen molar-refractivity contribution in [3.05, 3.63) is 0 Å². The van der Waals surface area contributed by atoms with Crippen molar-refractivity contribution in [1.82, 2.24) is 6.15 Å². The van der Waals surface area contributed by atoms with Crippen molar-refractivity contribution in [2.75, 3.05) is 0 Å². The molecule has 0 saturated heterocycles. The minimum atomic E-state index is -2.08. The van der Waals surface area contributed by atoms with Crippen LogP contribution in [0.1, 0.15) is 0 Å². The molecule has 0 aliphatic rings. The summed E-state index contributed by atoms with van der Waals surface area (Å²) in [7, 11) is 0. The summed E-state index contributed by atoms with van der Waals surface area (Å²) in [5, 5.41) is 30.6. The molecule has 7 nitrogen and oxygen atoms in total. The maximum absolute atomic E-state index is 8.44. The van der Waals surface area contributed by atoms with Crippen LogP contribution in [-0.2, 0) is 0 Å². The average molecular weight is 179 g/mol. The van der Waals surface area contributed by atoms with Crippen LogP contribution in [0.3, 0.4) is 0 Å². The third kappa shape index (κ3) is 6140. The van der Waals surface area contributed by atoms with Gasteiger partial charge in [-0.2, -0.15) is 0 Å². The normalized spacial score (nSPS) is 4.80. The van der Waals surface area contributed by atoms with Gasteiger partial charge in [0, 0.05) is 0 Å². The molecule has 5 N–H and O–H groups in total. The first-order valence-electron chi connectivity index (χ1n) is 1.26. The Labute approximate surface area is 85.9 Å². The average Bonchev–Trinajstić information content (AvgIpc) is 1.25. The molecule has 56 valence electrons. The van der Waals surface area contributed by atoms with E-state index in [1.54, 1.807) is 0 Å². The first-order valence-corrected chi connectivity index (χ1v) is 1.26. The molecule has 8 heteroatoms. The smallest absolute Gasteiger partial charge is 0.565 e. The minimum absolute atomic E-state index is 0. The van der Waals surface area contributed by atoms with Crippen molar-refractivity contribution in [1.29, 1.82) is 0 Å². The summed E-state index contributed by atoms with van der Waals surface area (Å²) < 4.78 is 0. The summed E-state index contributed by atoms with van der Waals surface area (Å²) in [6.07, 6.45) is -4.17. The van der Waals surface area contributed by atoms with Crippen LogP contribution in [0.5, 0.6) is 0 Å². The second kappa shape index (κ2) is 15.9. The van der Waals surface area contributed by atoms with Gasteiger partial charge in [-0.1, -0.05) is 0 Å². The summed E-state index contributed by atoms with van der Waals surface area (Å²) in [6, 6.07) is 0. The fraction of sp³-hybridized carbons (Fsp3) is 0. The van der Waals surface area contributed by atoms with E-state index in [-0.39, 0.29) is 43.9 Å². The van der Waals surface area contributed by atoms with Crippen LogP contribution in [0.4, 0.5) is 9.59 Å². The first-order chi connectivity index (χ1) is 3.46. The van der Waals surface area contributed by atoms with Crippen LogP contribution >= 0.6 is 0 Å². The van der Waals surface area contributed by atoms with Crippen LogP contribution < -0.4 is 16.4 Å². The number of rotatable bonds is 0. The molecule has 0 fully saturated rings. The molecule has 0 atom stereocenters. The second-order valence-electron chi connectivity index (χ2n) is 0.532. The molecule has 0 amide bonds. The van der Waals surface area contributed by atoms with Gasteiger partial charge in [-0.25, -0.2) is 0 Å². The maximum atomic E-state index is 8.44. The molecular weight excluding hydrogens is 174 g/mol. The Morgan fingerprint density at radius 1 is 1.00 bits per heavy atom. The molecule has 0 aromatic rings. The summed E-state index contributed by atoms with van der Waals surface area (Å²) >= 11 is 0. The molecule has 0 radical (unpaired) electrons. The van der Waals surface area contributed by atoms with Gasteiger partial charge in [-0.05, 0) is 0 Å². The van der Waals surface area contributed by atoms with Crippen molar-refractivity contribution in [2.45, 2.75) is 0 Å². The Morgan fingerprint density at radius 2 is 1.00 bits per heavy atom. The second-order valence-corrected chi connectivity index (χ2v) is 0.532. The molecule has 0 aliphatic carbocycles. The quantitative estimate of drug-likeness (QED) is 0.348. The van der Waals surface area contributed by atoms with Crippen LogP contribution in [0.2, 0.25) is 0 Å². The van der Waals surface area contributed by atoms with E-state index in [1.807, 2.05) is 0 Å². The molecule has 0 aliphatic heterocycles. The van der Waals surface area contributed by atoms with Gasteiger partial charge < -0.3 is 36.2 Å². The molecule has 0 heterocycles. The maximum Gasteiger partial charge on any atom is 2.00 e. The SMILES string of the molecule is N.O=C([O-])O.O=C([O-])O.[Ca+2]. The zero-order chi connectivity index (χ0) is 7.15. The number of carboxylic acid groups (broad SMARTS) is 4. The fourth-order valence-electron chi connectivity index (χ4n) is 0. The van der Waals surface area contributed by atoms with Crippen molar-refractivity contribution >= 4 is 50.0 Å². The Kier molecular flexibility index (Phi) is 35.9. The topological polar surface area (TPSA) is 156 Å². The van der Waals surface area contributed by atoms with Gasteiger partial charge in [-0.15, -0.1) is 0 Å². The van der Waals surface area contributed by atoms with Crippen molar-refractivity contribution in [3.63, 3.8) is 0 Å². The molecule has 0 spiro atoms. The van der Waals surface area contributed by atoms with Crippen molar-refractivity contribution < 1.29 is 30.0 Å². The van der Waals surface area contributed by atoms with Crippen LogP contribution in [0.25, 0.3) is 0 Å². The van der Waals surface area contributed by atoms with Gasteiger partial charge in [0.25, 0.3) is 0 Å². The van der Waals surface area contributed by atoms with Crippen LogP contribution in [0, 0.1) is 0 Å². The predicted molar refractivity (Wildman–Crippen MR) is 26.8 cm³/mol. The molecule has 10 heavy (non-hydrogen) atoms. The van der Waals surface area contributed by atoms with Gasteiger partial charge >= 0.3 is 37.7 Å². The van der Waals surface area contributed by atoms with Gasteiger partial charge in [0.1, 0.15) is 0 Å². The standard InChI is InChI=1S/2CH2O3.Ca.H3N/c2*2-1(3)4;;/h2*(H2,2,3,4);;1H3/q;;+2;/p-2. The van der Waals surface area contributed by atoms with E-state index < -0.39 is 12.3 Å². The molecule has 0 aromatic heterocycles. The minimum Gasteiger partial charge on any atom is -0.565 e. The molecular formula is C2H5CaNO6. The Bertz CT molecular complexity index is 73.7. The van der Waals surface area contributed by atoms with E-state index in [4.69, 9.17) is 30.0 Å². The van der Waals surface area contributed by atoms with Crippen molar-refractivity contribution in [3.8, 4) is 0 Å². The first kappa shape index (κ1) is 22.6. The summed E-state index contributed by atoms with van der Waals surface area (Å²) in [4.78, 5) is 16.9. The fourth-order valence-corrected chi connectivity index (χ4v) is 0. The van der Waals surface area contributed by atoms with E-state index in [0.717, 1.165) is 0 Å². The number of hydrogen-bond acceptors (Lipinski definition) is 5. The summed E-state index contributed by atoms with van der Waals surface area (Å²) in [5.74, 6) is 0. The van der Waals surface area contributed by atoms with Gasteiger partial charge in [0.15, 0.2) is 0 Å². The van der Waals surface area contributed by atoms with Gasteiger partial charge in [0.2, 0.25) is 12.3 Å². The summed E-state index contributed by atoms with van der Waals surface area (Å²) in [5.41, 5.74) is 0. The van der Waals surface area contributed by atoms with E-state index in [1.165, 1.54) is 0 Å². The molecule has 0 bridgehead atoms. The van der Waals surface area contributed by atoms with E-state index in [9.17, 15) is 0 Å². The molecule has 0 aromatic carbocycles. The predicted octanol–water partition coefficient (Wildman–Crippen LogP) is -2.44. The summed E-state index contributed by atoms with van der Waals surface area (Å²) in [6.45, 7) is 0. The molecule has 0 saturated carbocycles. The third-order valence-corrected chi connectivity index (χ3v) is 0. The molecule has 0 rings (SSSR count). The largest absolute Gasteiger partial charge is 2.00 e. The Balaban J connectivity index is -0.0000000300. The van der Waals surface area contributed by atoms with E-state index in [0.29, 0.717) is 0 Å². The van der Waals surface area contributed by atoms with E-state index in [2.05, 4.69) is 0 Å². The van der Waals surface area contributed by atoms with Crippen LogP contribution in [-0.4, -0.2) is 60.3 Å². The number of carbonyl (C=O) groups is 2. The monoisotopic (exact) mass is 179 g/mol. The Morgan fingerprint density at radius 3 is 1.00 bits per heavy atom. The zero-order valence-corrected chi connectivity index (χ0v) is 7.15. The van der Waals surface area contributed by atoms with Crippen molar-refractivity contribution in [2.24, 2.45) is 0 Å². The van der Waals surface area contributed by atoms with Gasteiger partial charge in [0.05, 0.1) is 0 Å². The Hall–Kier alpha value is -0.240.